The predicted molar refractivity (Wildman–Crippen MR) is 88.8 cm³/mol. The smallest absolute Gasteiger partial charge is 0.238 e. The molecule has 0 fully saturated rings. The third-order valence-electron chi connectivity index (χ3n) is 3.09. The molecule has 1 heterocycles. The molecule has 0 spiro atoms. The molecule has 0 radical (unpaired) electrons. The molecule has 1 aromatic carbocycles. The molecule has 0 aliphatic rings. The third kappa shape index (κ3) is 4.47. The number of carbonyl (C=O) groups is 1. The van der Waals surface area contributed by atoms with Crippen molar-refractivity contribution in [2.75, 3.05) is 33.1 Å². The molecule has 0 unspecified atom stereocenters. The van der Waals surface area contributed by atoms with Crippen LogP contribution in [0.2, 0.25) is 0 Å². The Morgan fingerprint density at radius 2 is 2.00 bits per heavy atom. The molecule has 0 saturated carbocycles. The largest absolute Gasteiger partial charge is 0.493 e. The Kier molecular flexibility index (Phi) is 5.80. The van der Waals surface area contributed by atoms with Crippen LogP contribution in [0.1, 0.15) is 4.88 Å². The minimum Gasteiger partial charge on any atom is -0.493 e. The number of carbonyl (C=O) groups excluding carboxylic acids is 1. The number of amides is 1. The first-order chi connectivity index (χ1) is 10.6. The Labute approximate surface area is 134 Å². The zero-order valence-corrected chi connectivity index (χ0v) is 13.8. The number of ether oxygens (including phenoxy) is 2. The zero-order valence-electron chi connectivity index (χ0n) is 13.0. The van der Waals surface area contributed by atoms with Crippen LogP contribution in [-0.2, 0) is 11.3 Å². The summed E-state index contributed by atoms with van der Waals surface area (Å²) >= 11 is 1.69. The quantitative estimate of drug-likeness (QED) is 0.852. The lowest BCUT2D eigenvalue weighted by Gasteiger charge is -2.16. The van der Waals surface area contributed by atoms with Crippen LogP contribution >= 0.6 is 11.3 Å². The second-order valence-corrected chi connectivity index (χ2v) is 5.90. The van der Waals surface area contributed by atoms with Gasteiger partial charge < -0.3 is 14.8 Å². The highest BCUT2D eigenvalue weighted by Gasteiger charge is 2.10. The molecule has 5 nitrogen and oxygen atoms in total. The first-order valence-corrected chi connectivity index (χ1v) is 7.73. The number of likely N-dealkylation sites (N-methyl/N-ethyl adjacent to an activating group) is 1. The van der Waals surface area contributed by atoms with E-state index in [2.05, 4.69) is 11.4 Å². The maximum absolute atomic E-state index is 12.1. The van der Waals surface area contributed by atoms with Gasteiger partial charge in [-0.05, 0) is 30.6 Å². The van der Waals surface area contributed by atoms with Gasteiger partial charge in [0.1, 0.15) is 0 Å². The van der Waals surface area contributed by atoms with Gasteiger partial charge >= 0.3 is 0 Å². The summed E-state index contributed by atoms with van der Waals surface area (Å²) in [5, 5.41) is 4.90. The Balaban J connectivity index is 1.91. The van der Waals surface area contributed by atoms with E-state index < -0.39 is 0 Å². The highest BCUT2D eigenvalue weighted by atomic mass is 32.1. The first-order valence-electron chi connectivity index (χ1n) is 6.85. The van der Waals surface area contributed by atoms with Crippen LogP contribution in [0.3, 0.4) is 0 Å². The fourth-order valence-electron chi connectivity index (χ4n) is 2.08. The van der Waals surface area contributed by atoms with Crippen LogP contribution in [-0.4, -0.2) is 38.6 Å². The molecule has 0 aliphatic heterocycles. The number of nitrogens with zero attached hydrogens (tertiary/aromatic N) is 1. The summed E-state index contributed by atoms with van der Waals surface area (Å²) in [6, 6.07) is 9.38. The minimum absolute atomic E-state index is 0.0636. The number of methoxy groups -OCH3 is 2. The van der Waals surface area contributed by atoms with Crippen molar-refractivity contribution in [2.24, 2.45) is 0 Å². The number of rotatable bonds is 7. The molecule has 22 heavy (non-hydrogen) atoms. The number of thiophene rings is 1. The van der Waals surface area contributed by atoms with Gasteiger partial charge in [0.25, 0.3) is 0 Å². The summed E-state index contributed by atoms with van der Waals surface area (Å²) in [4.78, 5) is 15.3. The molecule has 0 atom stereocenters. The molecule has 0 saturated heterocycles. The second kappa shape index (κ2) is 7.82. The summed E-state index contributed by atoms with van der Waals surface area (Å²) < 4.78 is 10.4. The van der Waals surface area contributed by atoms with Gasteiger partial charge in [-0.1, -0.05) is 6.07 Å². The van der Waals surface area contributed by atoms with Crippen LogP contribution in [0.5, 0.6) is 11.5 Å². The summed E-state index contributed by atoms with van der Waals surface area (Å²) in [5.74, 6) is 1.16. The summed E-state index contributed by atoms with van der Waals surface area (Å²) in [5.41, 5.74) is 0.687. The monoisotopic (exact) mass is 320 g/mol. The Hall–Kier alpha value is -2.05. The van der Waals surface area contributed by atoms with Gasteiger partial charge in [-0.15, -0.1) is 11.3 Å². The fourth-order valence-corrected chi connectivity index (χ4v) is 2.87. The van der Waals surface area contributed by atoms with Crippen molar-refractivity contribution in [1.29, 1.82) is 0 Å². The van der Waals surface area contributed by atoms with E-state index in [0.29, 0.717) is 23.7 Å². The van der Waals surface area contributed by atoms with E-state index >= 15 is 0 Å². The Morgan fingerprint density at radius 1 is 1.23 bits per heavy atom. The number of hydrogen-bond acceptors (Lipinski definition) is 5. The highest BCUT2D eigenvalue weighted by Crippen LogP contribution is 2.29. The summed E-state index contributed by atoms with van der Waals surface area (Å²) in [6.45, 7) is 1.09. The van der Waals surface area contributed by atoms with E-state index in [0.717, 1.165) is 6.54 Å². The van der Waals surface area contributed by atoms with Crippen LogP contribution in [0, 0.1) is 0 Å². The van der Waals surface area contributed by atoms with Crippen LogP contribution in [0.4, 0.5) is 5.69 Å². The molecule has 2 aromatic rings. The Morgan fingerprint density at radius 3 is 2.64 bits per heavy atom. The van der Waals surface area contributed by atoms with Gasteiger partial charge in [-0.3, -0.25) is 9.69 Å². The molecule has 1 N–H and O–H groups in total. The molecule has 0 aliphatic carbocycles. The Bertz CT molecular complexity index is 614. The van der Waals surface area contributed by atoms with Crippen molar-refractivity contribution >= 4 is 22.9 Å². The van der Waals surface area contributed by atoms with E-state index in [1.165, 1.54) is 4.88 Å². The van der Waals surface area contributed by atoms with Crippen LogP contribution in [0.25, 0.3) is 0 Å². The number of anilines is 1. The maximum Gasteiger partial charge on any atom is 0.238 e. The van der Waals surface area contributed by atoms with Crippen molar-refractivity contribution < 1.29 is 14.3 Å². The molecule has 2 rings (SSSR count). The van der Waals surface area contributed by atoms with Crippen molar-refractivity contribution in [1.82, 2.24) is 4.90 Å². The van der Waals surface area contributed by atoms with Gasteiger partial charge in [0.2, 0.25) is 5.91 Å². The highest BCUT2D eigenvalue weighted by molar-refractivity contribution is 7.09. The van der Waals surface area contributed by atoms with Gasteiger partial charge in [0.05, 0.1) is 20.8 Å². The topological polar surface area (TPSA) is 50.8 Å². The lowest BCUT2D eigenvalue weighted by molar-refractivity contribution is -0.117. The number of benzene rings is 1. The standard InChI is InChI=1S/C16H20N2O3S/c1-18(10-13-5-4-8-22-13)11-16(19)17-12-6-7-14(20-2)15(9-12)21-3/h4-9H,10-11H2,1-3H3,(H,17,19). The van der Waals surface area contributed by atoms with E-state index in [1.807, 2.05) is 23.4 Å². The van der Waals surface area contributed by atoms with Crippen molar-refractivity contribution in [2.45, 2.75) is 6.54 Å². The lowest BCUT2D eigenvalue weighted by Crippen LogP contribution is -2.29. The zero-order chi connectivity index (χ0) is 15.9. The average Bonchev–Trinajstić information content (AvgIpc) is 2.99. The van der Waals surface area contributed by atoms with Crippen molar-refractivity contribution in [3.8, 4) is 11.5 Å². The SMILES string of the molecule is COc1ccc(NC(=O)CN(C)Cc2cccs2)cc1OC. The van der Waals surface area contributed by atoms with Gasteiger partial charge in [-0.2, -0.15) is 0 Å². The average molecular weight is 320 g/mol. The van der Waals surface area contributed by atoms with E-state index in [-0.39, 0.29) is 5.91 Å². The van der Waals surface area contributed by atoms with E-state index in [9.17, 15) is 4.79 Å². The van der Waals surface area contributed by atoms with Crippen LogP contribution < -0.4 is 14.8 Å². The summed E-state index contributed by atoms with van der Waals surface area (Å²) in [6.07, 6.45) is 0. The molecular formula is C16H20N2O3S. The normalized spacial score (nSPS) is 10.5. The second-order valence-electron chi connectivity index (χ2n) is 4.87. The van der Waals surface area contributed by atoms with Gasteiger partial charge in [0.15, 0.2) is 11.5 Å². The molecule has 0 bridgehead atoms. The van der Waals surface area contributed by atoms with E-state index in [1.54, 1.807) is 43.8 Å². The van der Waals surface area contributed by atoms with Crippen molar-refractivity contribution in [3.63, 3.8) is 0 Å². The van der Waals surface area contributed by atoms with Gasteiger partial charge in [-0.25, -0.2) is 0 Å². The minimum atomic E-state index is -0.0636. The van der Waals surface area contributed by atoms with Crippen LogP contribution in [0.15, 0.2) is 35.7 Å². The first kappa shape index (κ1) is 16.3. The maximum atomic E-state index is 12.1. The summed E-state index contributed by atoms with van der Waals surface area (Å²) in [7, 11) is 5.07. The number of nitrogens with one attached hydrogen (secondary N) is 1. The molecule has 6 heteroatoms. The molecule has 1 aromatic heterocycles. The molecule has 118 valence electrons. The van der Waals surface area contributed by atoms with Crippen molar-refractivity contribution in [3.05, 3.63) is 40.6 Å². The fraction of sp³-hybridized carbons (Fsp3) is 0.312. The number of hydrogen-bond donors (Lipinski definition) is 1. The third-order valence-corrected chi connectivity index (χ3v) is 3.95. The van der Waals surface area contributed by atoms with Gasteiger partial charge in [0, 0.05) is 23.2 Å². The molecular weight excluding hydrogens is 300 g/mol. The predicted octanol–water partition coefficient (Wildman–Crippen LogP) is 2.84. The van der Waals surface area contributed by atoms with E-state index in [4.69, 9.17) is 9.47 Å². The molecule has 1 amide bonds. The lowest BCUT2D eigenvalue weighted by atomic mass is 10.2.